The summed E-state index contributed by atoms with van der Waals surface area (Å²) in [6.45, 7) is 2.50. The Labute approximate surface area is 176 Å². The molecule has 4 heterocycles. The number of rotatable bonds is 5. The number of hydrogen-bond acceptors (Lipinski definition) is 7. The van der Waals surface area contributed by atoms with E-state index in [2.05, 4.69) is 15.1 Å². The molecule has 9 heteroatoms. The number of ether oxygens (including phenoxy) is 1. The highest BCUT2D eigenvalue weighted by atomic mass is 32.1. The highest BCUT2D eigenvalue weighted by Crippen LogP contribution is 2.27. The molecule has 0 bridgehead atoms. The molecule has 1 aliphatic rings. The highest BCUT2D eigenvalue weighted by molar-refractivity contribution is 7.09. The summed E-state index contributed by atoms with van der Waals surface area (Å²) < 4.78 is 7.73. The van der Waals surface area contributed by atoms with Gasteiger partial charge in [-0.25, -0.2) is 14.5 Å². The first-order valence-corrected chi connectivity index (χ1v) is 10.5. The molecule has 8 nitrogen and oxygen atoms in total. The number of amides is 1. The van der Waals surface area contributed by atoms with Crippen LogP contribution < -0.4 is 15.4 Å². The summed E-state index contributed by atoms with van der Waals surface area (Å²) in [4.78, 5) is 22.5. The second-order valence-corrected chi connectivity index (χ2v) is 8.16. The van der Waals surface area contributed by atoms with Gasteiger partial charge in [-0.3, -0.25) is 4.79 Å². The van der Waals surface area contributed by atoms with Crippen molar-refractivity contribution in [1.82, 2.24) is 19.6 Å². The normalized spacial score (nSPS) is 17.6. The third-order valence-electron chi connectivity index (χ3n) is 5.06. The Balaban J connectivity index is 1.42. The third-order valence-corrected chi connectivity index (χ3v) is 6.00. The van der Waals surface area contributed by atoms with Gasteiger partial charge >= 0.3 is 0 Å². The molecule has 4 aromatic rings. The maximum atomic E-state index is 12.1. The van der Waals surface area contributed by atoms with E-state index in [0.717, 1.165) is 27.6 Å². The van der Waals surface area contributed by atoms with Crippen molar-refractivity contribution in [3.8, 4) is 17.1 Å². The second kappa shape index (κ2) is 7.51. The maximum Gasteiger partial charge on any atom is 0.232 e. The lowest BCUT2D eigenvalue weighted by atomic mass is 10.1. The standard InChI is InChI=1S/C21H20N6O2S/c1-13(21-23-8-9-30-21)29-19-7-6-18-24-11-17(27(18)25-19)14-2-4-16(5-3-14)26-12-15(22)10-20(26)28/h2-9,11,13,15H,10,12,22H2,1H3/t13?,15-/m0/s1. The van der Waals surface area contributed by atoms with Crippen LogP contribution in [-0.2, 0) is 4.79 Å². The molecular weight excluding hydrogens is 400 g/mol. The van der Waals surface area contributed by atoms with Crippen molar-refractivity contribution < 1.29 is 9.53 Å². The zero-order chi connectivity index (χ0) is 20.7. The Morgan fingerprint density at radius 2 is 2.03 bits per heavy atom. The Bertz CT molecular complexity index is 1190. The molecule has 1 saturated heterocycles. The van der Waals surface area contributed by atoms with Gasteiger partial charge in [-0.15, -0.1) is 16.4 Å². The van der Waals surface area contributed by atoms with Crippen LogP contribution in [0.5, 0.6) is 5.88 Å². The number of thiazole rings is 1. The molecule has 0 radical (unpaired) electrons. The van der Waals surface area contributed by atoms with Gasteiger partial charge in [-0.05, 0) is 25.1 Å². The number of anilines is 1. The molecular formula is C21H20N6O2S. The predicted molar refractivity (Wildman–Crippen MR) is 115 cm³/mol. The van der Waals surface area contributed by atoms with Crippen LogP contribution in [0.2, 0.25) is 0 Å². The van der Waals surface area contributed by atoms with E-state index in [9.17, 15) is 4.79 Å². The zero-order valence-electron chi connectivity index (χ0n) is 16.3. The summed E-state index contributed by atoms with van der Waals surface area (Å²) in [5, 5.41) is 7.43. The molecule has 3 aromatic heterocycles. The highest BCUT2D eigenvalue weighted by Gasteiger charge is 2.28. The number of hydrogen-bond donors (Lipinski definition) is 1. The van der Waals surface area contributed by atoms with Gasteiger partial charge in [0.2, 0.25) is 11.8 Å². The monoisotopic (exact) mass is 420 g/mol. The first-order chi connectivity index (χ1) is 14.6. The molecule has 2 N–H and O–H groups in total. The molecule has 0 aliphatic carbocycles. The number of nitrogens with zero attached hydrogens (tertiary/aromatic N) is 5. The van der Waals surface area contributed by atoms with Crippen molar-refractivity contribution in [2.75, 3.05) is 11.4 Å². The minimum atomic E-state index is -0.189. The van der Waals surface area contributed by atoms with Crippen LogP contribution in [0.4, 0.5) is 5.69 Å². The van der Waals surface area contributed by atoms with Crippen molar-refractivity contribution in [3.63, 3.8) is 0 Å². The van der Waals surface area contributed by atoms with Crippen molar-refractivity contribution in [2.45, 2.75) is 25.5 Å². The minimum Gasteiger partial charge on any atom is -0.466 e. The smallest absolute Gasteiger partial charge is 0.232 e. The van der Waals surface area contributed by atoms with Gasteiger partial charge < -0.3 is 15.4 Å². The van der Waals surface area contributed by atoms with E-state index in [0.29, 0.717) is 18.8 Å². The van der Waals surface area contributed by atoms with Gasteiger partial charge in [0, 0.05) is 47.9 Å². The van der Waals surface area contributed by atoms with Gasteiger partial charge in [0.15, 0.2) is 5.65 Å². The number of aromatic nitrogens is 4. The van der Waals surface area contributed by atoms with Gasteiger partial charge in [0.05, 0.1) is 11.9 Å². The maximum absolute atomic E-state index is 12.1. The fraction of sp³-hybridized carbons (Fsp3) is 0.238. The molecule has 1 fully saturated rings. The fourth-order valence-corrected chi connectivity index (χ4v) is 4.20. The van der Waals surface area contributed by atoms with E-state index in [-0.39, 0.29) is 18.1 Å². The molecule has 0 spiro atoms. The number of fused-ring (bicyclic) bond motifs is 1. The van der Waals surface area contributed by atoms with E-state index < -0.39 is 0 Å². The average Bonchev–Trinajstić information content (AvgIpc) is 3.48. The minimum absolute atomic E-state index is 0.0582. The summed E-state index contributed by atoms with van der Waals surface area (Å²) in [5.41, 5.74) is 9.26. The van der Waals surface area contributed by atoms with Crippen LogP contribution in [0.25, 0.3) is 16.9 Å². The van der Waals surface area contributed by atoms with Crippen LogP contribution in [0.3, 0.4) is 0 Å². The summed E-state index contributed by atoms with van der Waals surface area (Å²) in [6, 6.07) is 11.4. The van der Waals surface area contributed by atoms with Crippen LogP contribution in [-0.4, -0.2) is 38.1 Å². The zero-order valence-corrected chi connectivity index (χ0v) is 17.1. The molecule has 152 valence electrons. The lowest BCUT2D eigenvalue weighted by Crippen LogP contribution is -2.27. The molecule has 0 saturated carbocycles. The SMILES string of the molecule is CC(Oc1ccc2ncc(-c3ccc(N4C[C@@H](N)CC4=O)cc3)n2n1)c1nccs1. The Kier molecular flexibility index (Phi) is 4.68. The second-order valence-electron chi connectivity index (χ2n) is 7.23. The van der Waals surface area contributed by atoms with Gasteiger partial charge in [-0.1, -0.05) is 12.1 Å². The van der Waals surface area contributed by atoms with E-state index >= 15 is 0 Å². The van der Waals surface area contributed by atoms with E-state index in [1.165, 1.54) is 0 Å². The fourth-order valence-electron chi connectivity index (χ4n) is 3.58. The van der Waals surface area contributed by atoms with Gasteiger partial charge in [-0.2, -0.15) is 0 Å². The number of carbonyl (C=O) groups excluding carboxylic acids is 1. The summed E-state index contributed by atoms with van der Waals surface area (Å²) in [6.07, 6.45) is 3.74. The number of benzene rings is 1. The molecule has 1 unspecified atom stereocenters. The first-order valence-electron chi connectivity index (χ1n) is 9.66. The average molecular weight is 420 g/mol. The predicted octanol–water partition coefficient (Wildman–Crippen LogP) is 3.06. The van der Waals surface area contributed by atoms with E-state index in [1.807, 2.05) is 48.7 Å². The lowest BCUT2D eigenvalue weighted by Gasteiger charge is -2.16. The third kappa shape index (κ3) is 3.42. The number of imidazole rings is 1. The molecule has 1 aromatic carbocycles. The van der Waals surface area contributed by atoms with Crippen LogP contribution in [0.15, 0.2) is 54.2 Å². The topological polar surface area (TPSA) is 98.6 Å². The molecule has 30 heavy (non-hydrogen) atoms. The summed E-state index contributed by atoms with van der Waals surface area (Å²) >= 11 is 1.55. The van der Waals surface area contributed by atoms with E-state index in [4.69, 9.17) is 10.5 Å². The summed E-state index contributed by atoms with van der Waals surface area (Å²) in [5.74, 6) is 0.556. The molecule has 1 aliphatic heterocycles. The molecule has 5 rings (SSSR count). The van der Waals surface area contributed by atoms with Crippen molar-refractivity contribution in [1.29, 1.82) is 0 Å². The number of nitrogens with two attached hydrogens (primary N) is 1. The van der Waals surface area contributed by atoms with Gasteiger partial charge in [0.1, 0.15) is 11.1 Å². The largest absolute Gasteiger partial charge is 0.466 e. The van der Waals surface area contributed by atoms with Crippen molar-refractivity contribution in [2.24, 2.45) is 5.73 Å². The Morgan fingerprint density at radius 3 is 2.73 bits per heavy atom. The van der Waals surface area contributed by atoms with Crippen LogP contribution in [0, 0.1) is 0 Å². The Hall–Kier alpha value is -3.30. The lowest BCUT2D eigenvalue weighted by molar-refractivity contribution is -0.117. The first kappa shape index (κ1) is 18.7. The Morgan fingerprint density at radius 1 is 1.20 bits per heavy atom. The number of carbonyl (C=O) groups is 1. The molecule has 1 amide bonds. The van der Waals surface area contributed by atoms with Crippen LogP contribution >= 0.6 is 11.3 Å². The molecule has 2 atom stereocenters. The van der Waals surface area contributed by atoms with Crippen molar-refractivity contribution in [3.05, 3.63) is 59.2 Å². The summed E-state index contributed by atoms with van der Waals surface area (Å²) in [7, 11) is 0. The quantitative estimate of drug-likeness (QED) is 0.533. The van der Waals surface area contributed by atoms with E-state index in [1.54, 1.807) is 33.1 Å². The van der Waals surface area contributed by atoms with Crippen molar-refractivity contribution >= 4 is 28.6 Å². The van der Waals surface area contributed by atoms with Crippen LogP contribution in [0.1, 0.15) is 24.5 Å². The van der Waals surface area contributed by atoms with Gasteiger partial charge in [0.25, 0.3) is 0 Å².